The van der Waals surface area contributed by atoms with Crippen LogP contribution < -0.4 is 5.32 Å². The smallest absolute Gasteiger partial charge is 0.125 e. The van der Waals surface area contributed by atoms with Gasteiger partial charge in [-0.2, -0.15) is 0 Å². The Kier molecular flexibility index (Phi) is 3.17. The van der Waals surface area contributed by atoms with E-state index in [2.05, 4.69) is 19.2 Å². The molecule has 1 fully saturated rings. The highest BCUT2D eigenvalue weighted by Gasteiger charge is 2.31. The molecule has 1 aliphatic rings. The third kappa shape index (κ3) is 2.37. The van der Waals surface area contributed by atoms with Crippen LogP contribution in [0.1, 0.15) is 32.3 Å². The maximum Gasteiger partial charge on any atom is 0.125 e. The van der Waals surface area contributed by atoms with Gasteiger partial charge in [0.25, 0.3) is 0 Å². The standard InChI is InChI=1S/C14H20FN/c1-9(2)11-6-13(7-11)16-14-8-12(15)5-4-10(14)3/h4-5,8-9,11,13,16H,6-7H2,1-3H3. The van der Waals surface area contributed by atoms with Crippen LogP contribution in [0.4, 0.5) is 10.1 Å². The van der Waals surface area contributed by atoms with Crippen molar-refractivity contribution in [1.82, 2.24) is 0 Å². The molecule has 1 aliphatic carbocycles. The number of aryl methyl sites for hydroxylation is 1. The van der Waals surface area contributed by atoms with Crippen LogP contribution in [0.25, 0.3) is 0 Å². The second kappa shape index (κ2) is 4.44. The summed E-state index contributed by atoms with van der Waals surface area (Å²) in [5.41, 5.74) is 2.07. The van der Waals surface area contributed by atoms with Crippen molar-refractivity contribution in [3.8, 4) is 0 Å². The number of anilines is 1. The van der Waals surface area contributed by atoms with Gasteiger partial charge in [-0.25, -0.2) is 4.39 Å². The predicted octanol–water partition coefficient (Wildman–Crippen LogP) is 3.98. The largest absolute Gasteiger partial charge is 0.382 e. The average Bonchev–Trinajstić information content (AvgIpc) is 2.15. The molecule has 1 nitrogen and oxygen atoms in total. The van der Waals surface area contributed by atoms with Gasteiger partial charge < -0.3 is 5.32 Å². The maximum absolute atomic E-state index is 13.1. The molecule has 1 aromatic carbocycles. The lowest BCUT2D eigenvalue weighted by Gasteiger charge is -2.39. The SMILES string of the molecule is Cc1ccc(F)cc1NC1CC(C(C)C)C1. The third-order valence-electron chi connectivity index (χ3n) is 3.68. The van der Waals surface area contributed by atoms with E-state index in [0.29, 0.717) is 6.04 Å². The highest BCUT2D eigenvalue weighted by molar-refractivity contribution is 5.51. The van der Waals surface area contributed by atoms with E-state index >= 15 is 0 Å². The Labute approximate surface area is 97.1 Å². The van der Waals surface area contributed by atoms with Crippen molar-refractivity contribution in [1.29, 1.82) is 0 Å². The minimum Gasteiger partial charge on any atom is -0.382 e. The Morgan fingerprint density at radius 3 is 2.62 bits per heavy atom. The van der Waals surface area contributed by atoms with Gasteiger partial charge in [-0.3, -0.25) is 0 Å². The number of nitrogens with one attached hydrogen (secondary N) is 1. The number of hydrogen-bond acceptors (Lipinski definition) is 1. The van der Waals surface area contributed by atoms with Crippen LogP contribution in [0.3, 0.4) is 0 Å². The van der Waals surface area contributed by atoms with Crippen molar-refractivity contribution in [3.63, 3.8) is 0 Å². The van der Waals surface area contributed by atoms with Gasteiger partial charge in [-0.15, -0.1) is 0 Å². The summed E-state index contributed by atoms with van der Waals surface area (Å²) < 4.78 is 13.1. The summed E-state index contributed by atoms with van der Waals surface area (Å²) in [6, 6.07) is 5.47. The highest BCUT2D eigenvalue weighted by Crippen LogP contribution is 2.36. The number of rotatable bonds is 3. The fourth-order valence-corrected chi connectivity index (χ4v) is 2.29. The quantitative estimate of drug-likeness (QED) is 0.814. The zero-order valence-corrected chi connectivity index (χ0v) is 10.3. The van der Waals surface area contributed by atoms with Crippen molar-refractivity contribution in [2.24, 2.45) is 11.8 Å². The first-order valence-electron chi connectivity index (χ1n) is 6.09. The van der Waals surface area contributed by atoms with E-state index < -0.39 is 0 Å². The number of benzene rings is 1. The minimum absolute atomic E-state index is 0.159. The van der Waals surface area contributed by atoms with Crippen molar-refractivity contribution in [3.05, 3.63) is 29.6 Å². The molecule has 16 heavy (non-hydrogen) atoms. The molecule has 88 valence electrons. The molecule has 1 N–H and O–H groups in total. The van der Waals surface area contributed by atoms with Crippen LogP contribution in [-0.2, 0) is 0 Å². The first kappa shape index (κ1) is 11.4. The second-order valence-electron chi connectivity index (χ2n) is 5.28. The zero-order chi connectivity index (χ0) is 11.7. The van der Waals surface area contributed by atoms with Gasteiger partial charge in [-0.1, -0.05) is 19.9 Å². The molecular formula is C14H20FN. The van der Waals surface area contributed by atoms with Crippen LogP contribution in [0, 0.1) is 24.6 Å². The van der Waals surface area contributed by atoms with Crippen LogP contribution in [-0.4, -0.2) is 6.04 Å². The molecule has 0 aromatic heterocycles. The molecular weight excluding hydrogens is 201 g/mol. The molecule has 0 amide bonds. The van der Waals surface area contributed by atoms with Crippen LogP contribution in [0.15, 0.2) is 18.2 Å². The molecule has 0 unspecified atom stereocenters. The van der Waals surface area contributed by atoms with Gasteiger partial charge in [0.15, 0.2) is 0 Å². The molecule has 2 rings (SSSR count). The lowest BCUT2D eigenvalue weighted by molar-refractivity contribution is 0.211. The second-order valence-corrected chi connectivity index (χ2v) is 5.28. The normalized spacial score (nSPS) is 24.3. The van der Waals surface area contributed by atoms with Crippen LogP contribution in [0.5, 0.6) is 0 Å². The molecule has 1 aromatic rings. The summed E-state index contributed by atoms with van der Waals surface area (Å²) in [5, 5.41) is 3.43. The van der Waals surface area contributed by atoms with Crippen LogP contribution >= 0.6 is 0 Å². The van der Waals surface area contributed by atoms with Gasteiger partial charge >= 0.3 is 0 Å². The number of hydrogen-bond donors (Lipinski definition) is 1. The molecule has 0 radical (unpaired) electrons. The number of halogens is 1. The lowest BCUT2D eigenvalue weighted by atomic mass is 9.73. The van der Waals surface area contributed by atoms with Crippen LogP contribution in [0.2, 0.25) is 0 Å². The summed E-state index contributed by atoms with van der Waals surface area (Å²) in [5.74, 6) is 1.45. The van der Waals surface area contributed by atoms with Crippen molar-refractivity contribution < 1.29 is 4.39 Å². The van der Waals surface area contributed by atoms with E-state index in [1.807, 2.05) is 13.0 Å². The molecule has 0 spiro atoms. The van der Waals surface area contributed by atoms with Crippen molar-refractivity contribution in [2.45, 2.75) is 39.7 Å². The van der Waals surface area contributed by atoms with Gasteiger partial charge in [0.05, 0.1) is 0 Å². The monoisotopic (exact) mass is 221 g/mol. The fraction of sp³-hybridized carbons (Fsp3) is 0.571. The van der Waals surface area contributed by atoms with E-state index in [1.54, 1.807) is 6.07 Å². The zero-order valence-electron chi connectivity index (χ0n) is 10.3. The molecule has 0 bridgehead atoms. The summed E-state index contributed by atoms with van der Waals surface area (Å²) in [4.78, 5) is 0. The minimum atomic E-state index is -0.159. The molecule has 2 heteroatoms. The topological polar surface area (TPSA) is 12.0 Å². The molecule has 0 aliphatic heterocycles. The summed E-state index contributed by atoms with van der Waals surface area (Å²) in [6.07, 6.45) is 2.43. The Hall–Kier alpha value is -1.05. The summed E-state index contributed by atoms with van der Waals surface area (Å²) in [6.45, 7) is 6.56. The van der Waals surface area contributed by atoms with Crippen molar-refractivity contribution >= 4 is 5.69 Å². The Balaban J connectivity index is 1.94. The van der Waals surface area contributed by atoms with Gasteiger partial charge in [0.1, 0.15) is 5.82 Å². The molecule has 0 atom stereocenters. The average molecular weight is 221 g/mol. The van der Waals surface area contributed by atoms with E-state index in [0.717, 1.165) is 23.1 Å². The first-order chi connectivity index (χ1) is 7.56. The van der Waals surface area contributed by atoms with E-state index in [-0.39, 0.29) is 5.82 Å². The van der Waals surface area contributed by atoms with E-state index in [9.17, 15) is 4.39 Å². The first-order valence-corrected chi connectivity index (χ1v) is 6.09. The Morgan fingerprint density at radius 2 is 2.00 bits per heavy atom. The highest BCUT2D eigenvalue weighted by atomic mass is 19.1. The summed E-state index contributed by atoms with van der Waals surface area (Å²) in [7, 11) is 0. The van der Waals surface area contributed by atoms with Gasteiger partial charge in [0, 0.05) is 11.7 Å². The third-order valence-corrected chi connectivity index (χ3v) is 3.68. The maximum atomic E-state index is 13.1. The molecule has 0 saturated heterocycles. The lowest BCUT2D eigenvalue weighted by Crippen LogP contribution is -2.38. The van der Waals surface area contributed by atoms with Gasteiger partial charge in [0.2, 0.25) is 0 Å². The predicted molar refractivity (Wildman–Crippen MR) is 66.1 cm³/mol. The molecule has 0 heterocycles. The molecule has 1 saturated carbocycles. The Bertz CT molecular complexity index is 367. The fourth-order valence-electron chi connectivity index (χ4n) is 2.29. The van der Waals surface area contributed by atoms with Crippen molar-refractivity contribution in [2.75, 3.05) is 5.32 Å². The summed E-state index contributed by atoms with van der Waals surface area (Å²) >= 11 is 0. The van der Waals surface area contributed by atoms with Gasteiger partial charge in [-0.05, 0) is 49.3 Å². The van der Waals surface area contributed by atoms with E-state index in [1.165, 1.54) is 18.9 Å². The Morgan fingerprint density at radius 1 is 1.31 bits per heavy atom. The van der Waals surface area contributed by atoms with E-state index in [4.69, 9.17) is 0 Å².